The Kier molecular flexibility index (Phi) is 3.15. The van der Waals surface area contributed by atoms with Gasteiger partial charge in [-0.3, -0.25) is 4.99 Å². The Bertz CT molecular complexity index is 528. The van der Waals surface area contributed by atoms with Crippen molar-refractivity contribution < 1.29 is 18.7 Å². The first-order valence-electron chi connectivity index (χ1n) is 5.76. The number of rotatable bonds is 3. The topological polar surface area (TPSA) is 49.7 Å². The molecule has 0 aromatic heterocycles. The summed E-state index contributed by atoms with van der Waals surface area (Å²) in [4.78, 5) is 15.3. The van der Waals surface area contributed by atoms with Gasteiger partial charge in [0.15, 0.2) is 5.54 Å². The summed E-state index contributed by atoms with van der Waals surface area (Å²) in [6, 6.07) is 3.11. The summed E-state index contributed by atoms with van der Waals surface area (Å²) >= 11 is 0. The molecule has 1 atom stereocenters. The molecule has 1 N–H and O–H groups in total. The maximum absolute atomic E-state index is 13.6. The molecule has 0 bridgehead atoms. The Morgan fingerprint density at radius 2 is 2.22 bits per heavy atom. The highest BCUT2D eigenvalue weighted by Gasteiger charge is 2.41. The van der Waals surface area contributed by atoms with Gasteiger partial charge in [0.1, 0.15) is 11.6 Å². The lowest BCUT2D eigenvalue weighted by molar-refractivity contribution is -0.143. The molecule has 5 heteroatoms. The number of halogens is 2. The number of nitrogens with zero attached hydrogens (tertiary/aromatic N) is 1. The average Bonchev–Trinajstić information content (AvgIpc) is 2.78. The first-order chi connectivity index (χ1) is 8.48. The summed E-state index contributed by atoms with van der Waals surface area (Å²) in [7, 11) is 0. The Balaban J connectivity index is 2.44. The van der Waals surface area contributed by atoms with Gasteiger partial charge in [-0.15, -0.1) is 0 Å². The number of hydrogen-bond donors (Lipinski definition) is 1. The van der Waals surface area contributed by atoms with E-state index >= 15 is 0 Å². The van der Waals surface area contributed by atoms with Crippen LogP contribution in [0, 0.1) is 11.6 Å². The minimum atomic E-state index is -1.19. The molecule has 0 unspecified atom stereocenters. The summed E-state index contributed by atoms with van der Waals surface area (Å²) in [5, 5.41) is 9.18. The second kappa shape index (κ2) is 4.48. The van der Waals surface area contributed by atoms with Gasteiger partial charge in [0.05, 0.1) is 0 Å². The lowest BCUT2D eigenvalue weighted by atomic mass is 9.93. The van der Waals surface area contributed by atoms with Crippen molar-refractivity contribution in [2.24, 2.45) is 4.99 Å². The third-order valence-corrected chi connectivity index (χ3v) is 3.35. The molecule has 1 aromatic carbocycles. The summed E-state index contributed by atoms with van der Waals surface area (Å²) in [5.74, 6) is -2.15. The SMILES string of the molecule is CC[C@]1(C(=O)O)CCC(c2cc(F)ccc2F)=N1. The third-order valence-electron chi connectivity index (χ3n) is 3.35. The zero-order valence-electron chi connectivity index (χ0n) is 9.91. The summed E-state index contributed by atoms with van der Waals surface area (Å²) < 4.78 is 26.7. The molecule has 3 nitrogen and oxygen atoms in total. The highest BCUT2D eigenvalue weighted by atomic mass is 19.1. The smallest absolute Gasteiger partial charge is 0.331 e. The van der Waals surface area contributed by atoms with Crippen LogP contribution in [0.1, 0.15) is 31.7 Å². The molecule has 1 aromatic rings. The molecule has 96 valence electrons. The predicted molar refractivity (Wildman–Crippen MR) is 62.8 cm³/mol. The number of aliphatic carboxylic acids is 1. The fraction of sp³-hybridized carbons (Fsp3) is 0.385. The van der Waals surface area contributed by atoms with Crippen LogP contribution in [0.4, 0.5) is 8.78 Å². The van der Waals surface area contributed by atoms with E-state index in [4.69, 9.17) is 0 Å². The summed E-state index contributed by atoms with van der Waals surface area (Å²) in [6.45, 7) is 1.72. The van der Waals surface area contributed by atoms with Crippen LogP contribution >= 0.6 is 0 Å². The molecule has 1 aliphatic rings. The largest absolute Gasteiger partial charge is 0.479 e. The number of aliphatic imine (C=N–C) groups is 1. The van der Waals surface area contributed by atoms with Crippen LogP contribution < -0.4 is 0 Å². The van der Waals surface area contributed by atoms with Crippen LogP contribution in [0.2, 0.25) is 0 Å². The number of carbonyl (C=O) groups is 1. The molecule has 18 heavy (non-hydrogen) atoms. The van der Waals surface area contributed by atoms with E-state index in [0.717, 1.165) is 18.2 Å². The zero-order chi connectivity index (χ0) is 13.3. The fourth-order valence-corrected chi connectivity index (χ4v) is 2.17. The molecule has 1 aliphatic heterocycles. The first-order valence-corrected chi connectivity index (χ1v) is 5.76. The van der Waals surface area contributed by atoms with Gasteiger partial charge in [0.25, 0.3) is 0 Å². The molecule has 1 heterocycles. The molecular weight excluding hydrogens is 240 g/mol. The van der Waals surface area contributed by atoms with Crippen molar-refractivity contribution in [2.75, 3.05) is 0 Å². The van der Waals surface area contributed by atoms with Crippen molar-refractivity contribution in [2.45, 2.75) is 31.7 Å². The molecule has 2 rings (SSSR count). The molecule has 0 amide bonds. The predicted octanol–water partition coefficient (Wildman–Crippen LogP) is 2.78. The van der Waals surface area contributed by atoms with Crippen molar-refractivity contribution >= 4 is 11.7 Å². The molecule has 0 aliphatic carbocycles. The van der Waals surface area contributed by atoms with E-state index in [1.54, 1.807) is 6.92 Å². The van der Waals surface area contributed by atoms with Crippen LogP contribution in [-0.2, 0) is 4.79 Å². The van der Waals surface area contributed by atoms with E-state index in [2.05, 4.69) is 4.99 Å². The van der Waals surface area contributed by atoms with E-state index in [1.807, 2.05) is 0 Å². The molecule has 0 spiro atoms. The number of carboxylic acids is 1. The molecule has 0 saturated heterocycles. The van der Waals surface area contributed by atoms with Gasteiger partial charge in [0.2, 0.25) is 0 Å². The van der Waals surface area contributed by atoms with Crippen molar-refractivity contribution in [3.63, 3.8) is 0 Å². The number of benzene rings is 1. The van der Waals surface area contributed by atoms with Crippen LogP contribution in [0.3, 0.4) is 0 Å². The second-order valence-corrected chi connectivity index (χ2v) is 4.37. The standard InChI is InChI=1S/C13H13F2NO2/c1-2-13(12(17)18)6-5-11(16-13)9-7-8(14)3-4-10(9)15/h3-4,7H,2,5-6H2,1H3,(H,17,18)/t13-/m1/s1. The van der Waals surface area contributed by atoms with E-state index < -0.39 is 23.1 Å². The third kappa shape index (κ3) is 2.00. The van der Waals surface area contributed by atoms with Crippen molar-refractivity contribution in [3.05, 3.63) is 35.4 Å². The Morgan fingerprint density at radius 3 is 2.78 bits per heavy atom. The van der Waals surface area contributed by atoms with Crippen molar-refractivity contribution in [1.29, 1.82) is 0 Å². The van der Waals surface area contributed by atoms with Crippen molar-refractivity contribution in [3.8, 4) is 0 Å². The van der Waals surface area contributed by atoms with Gasteiger partial charge in [-0.25, -0.2) is 13.6 Å². The highest BCUT2D eigenvalue weighted by Crippen LogP contribution is 2.32. The highest BCUT2D eigenvalue weighted by molar-refractivity contribution is 6.04. The maximum atomic E-state index is 13.6. The van der Waals surface area contributed by atoms with Gasteiger partial charge < -0.3 is 5.11 Å². The first kappa shape index (κ1) is 12.7. The van der Waals surface area contributed by atoms with Crippen LogP contribution in [0.15, 0.2) is 23.2 Å². The quantitative estimate of drug-likeness (QED) is 0.900. The maximum Gasteiger partial charge on any atom is 0.331 e. The Hall–Kier alpha value is -1.78. The fourth-order valence-electron chi connectivity index (χ4n) is 2.17. The van der Waals surface area contributed by atoms with Gasteiger partial charge in [-0.2, -0.15) is 0 Å². The summed E-state index contributed by atoms with van der Waals surface area (Å²) in [5.41, 5.74) is -0.795. The van der Waals surface area contributed by atoms with Crippen LogP contribution in [0.25, 0.3) is 0 Å². The number of carboxylic acid groups (broad SMARTS) is 1. The Labute approximate surface area is 103 Å². The molecule has 0 fully saturated rings. The van der Waals surface area contributed by atoms with E-state index in [-0.39, 0.29) is 5.56 Å². The minimum absolute atomic E-state index is 0.0616. The van der Waals surface area contributed by atoms with Gasteiger partial charge in [-0.05, 0) is 37.5 Å². The Morgan fingerprint density at radius 1 is 1.50 bits per heavy atom. The lowest BCUT2D eigenvalue weighted by Crippen LogP contribution is -2.33. The van der Waals surface area contributed by atoms with Gasteiger partial charge >= 0.3 is 5.97 Å². The molecular formula is C13H13F2NO2. The van der Waals surface area contributed by atoms with E-state index in [1.165, 1.54) is 0 Å². The van der Waals surface area contributed by atoms with Gasteiger partial charge in [-0.1, -0.05) is 6.92 Å². The monoisotopic (exact) mass is 253 g/mol. The number of hydrogen-bond acceptors (Lipinski definition) is 2. The van der Waals surface area contributed by atoms with Crippen molar-refractivity contribution in [1.82, 2.24) is 0 Å². The van der Waals surface area contributed by atoms with Crippen LogP contribution in [0.5, 0.6) is 0 Å². The average molecular weight is 253 g/mol. The molecule has 0 saturated carbocycles. The van der Waals surface area contributed by atoms with E-state index in [0.29, 0.717) is 25.0 Å². The summed E-state index contributed by atoms with van der Waals surface area (Å²) in [6.07, 6.45) is 1.01. The minimum Gasteiger partial charge on any atom is -0.479 e. The second-order valence-electron chi connectivity index (χ2n) is 4.37. The van der Waals surface area contributed by atoms with Gasteiger partial charge in [0, 0.05) is 11.3 Å². The van der Waals surface area contributed by atoms with Crippen LogP contribution in [-0.4, -0.2) is 22.3 Å². The molecule has 0 radical (unpaired) electrons. The normalized spacial score (nSPS) is 22.9. The van der Waals surface area contributed by atoms with E-state index in [9.17, 15) is 18.7 Å². The lowest BCUT2D eigenvalue weighted by Gasteiger charge is -2.17. The zero-order valence-corrected chi connectivity index (χ0v) is 9.91.